The Morgan fingerprint density at radius 3 is 2.89 bits per heavy atom. The third-order valence-electron chi connectivity index (χ3n) is 3.86. The van der Waals surface area contributed by atoms with Crippen molar-refractivity contribution in [2.45, 2.75) is 23.0 Å². The smallest absolute Gasteiger partial charge is 0.258 e. The van der Waals surface area contributed by atoms with Gasteiger partial charge in [-0.15, -0.1) is 0 Å². The fourth-order valence-electron chi connectivity index (χ4n) is 2.43. The number of benzene rings is 1. The Morgan fingerprint density at radius 1 is 1.33 bits per heavy atom. The number of carbonyl (C=O) groups excluding carboxylic acids is 1. The molecule has 1 amide bonds. The quantitative estimate of drug-likeness (QED) is 0.584. The van der Waals surface area contributed by atoms with Gasteiger partial charge in [-0.3, -0.25) is 4.79 Å². The number of carbonyl (C=O) groups is 1. The van der Waals surface area contributed by atoms with Crippen LogP contribution in [0.4, 0.5) is 10.9 Å². The summed E-state index contributed by atoms with van der Waals surface area (Å²) in [5, 5.41) is 3.97. The molecule has 0 spiro atoms. The lowest BCUT2D eigenvalue weighted by atomic mass is 10.1. The van der Waals surface area contributed by atoms with Crippen LogP contribution in [0.5, 0.6) is 0 Å². The molecule has 0 aliphatic rings. The Balaban J connectivity index is 1.75. The molecule has 0 saturated heterocycles. The molecule has 27 heavy (non-hydrogen) atoms. The summed E-state index contributed by atoms with van der Waals surface area (Å²) in [5.74, 6) is 0.727. The molecular formula is C20H20N4OS2. The van der Waals surface area contributed by atoms with Crippen LogP contribution in [0.25, 0.3) is 0 Å². The number of rotatable bonds is 7. The molecule has 2 aromatic heterocycles. The number of hydrogen-bond donors (Lipinski definition) is 1. The van der Waals surface area contributed by atoms with E-state index in [1.54, 1.807) is 40.4 Å². The van der Waals surface area contributed by atoms with Gasteiger partial charge in [-0.25, -0.2) is 9.97 Å². The molecule has 3 rings (SSSR count). The molecule has 0 atom stereocenters. The van der Waals surface area contributed by atoms with E-state index >= 15 is 0 Å². The maximum Gasteiger partial charge on any atom is 0.258 e. The highest BCUT2D eigenvalue weighted by molar-refractivity contribution is 8.01. The van der Waals surface area contributed by atoms with Gasteiger partial charge >= 0.3 is 0 Å². The van der Waals surface area contributed by atoms with E-state index < -0.39 is 0 Å². The van der Waals surface area contributed by atoms with E-state index in [4.69, 9.17) is 0 Å². The minimum Gasteiger partial charge on any atom is -0.316 e. The Bertz CT molecular complexity index is 940. The zero-order chi connectivity index (χ0) is 19.2. The van der Waals surface area contributed by atoms with Gasteiger partial charge in [-0.2, -0.15) is 0 Å². The lowest BCUT2D eigenvalue weighted by molar-refractivity contribution is 0.0828. The lowest BCUT2D eigenvalue weighted by Gasteiger charge is -2.17. The largest absolute Gasteiger partial charge is 0.316 e. The first kappa shape index (κ1) is 19.1. The maximum absolute atomic E-state index is 12.7. The number of hydrogen-bond acceptors (Lipinski definition) is 6. The molecule has 0 aliphatic carbocycles. The predicted octanol–water partition coefficient (Wildman–Crippen LogP) is 5.35. The van der Waals surface area contributed by atoms with Gasteiger partial charge in [0.1, 0.15) is 5.82 Å². The van der Waals surface area contributed by atoms with Gasteiger partial charge in [0.05, 0.1) is 10.4 Å². The summed E-state index contributed by atoms with van der Waals surface area (Å²) < 4.78 is 1.03. The number of nitrogens with one attached hydrogen (secondary N) is 1. The number of aromatic nitrogens is 2. The second-order valence-corrected chi connectivity index (χ2v) is 8.08. The molecule has 0 saturated carbocycles. The average molecular weight is 397 g/mol. The first-order chi connectivity index (χ1) is 13.1. The number of aryl methyl sites for hydroxylation is 1. The fraction of sp³-hybridized carbons (Fsp3) is 0.150. The summed E-state index contributed by atoms with van der Waals surface area (Å²) in [4.78, 5) is 23.9. The normalized spacial score (nSPS) is 10.4. The van der Waals surface area contributed by atoms with Crippen LogP contribution < -0.4 is 5.32 Å². The van der Waals surface area contributed by atoms with Gasteiger partial charge in [0.25, 0.3) is 5.91 Å². The lowest BCUT2D eigenvalue weighted by Crippen LogP contribution is -2.25. The van der Waals surface area contributed by atoms with Crippen molar-refractivity contribution >= 4 is 40.0 Å². The van der Waals surface area contributed by atoms with E-state index in [1.165, 1.54) is 0 Å². The van der Waals surface area contributed by atoms with Crippen LogP contribution in [0.1, 0.15) is 22.8 Å². The Morgan fingerprint density at radius 2 is 2.19 bits per heavy atom. The SMILES string of the molecule is C=CN(CC)C(=O)c1cc(Sc2cnc(Nc3ccccn3)s2)ccc1C. The van der Waals surface area contributed by atoms with Gasteiger partial charge in [-0.1, -0.05) is 41.8 Å². The zero-order valence-corrected chi connectivity index (χ0v) is 16.8. The molecule has 0 unspecified atom stereocenters. The highest BCUT2D eigenvalue weighted by Crippen LogP contribution is 2.35. The molecule has 3 aromatic rings. The Hall–Kier alpha value is -2.64. The summed E-state index contributed by atoms with van der Waals surface area (Å²) in [6, 6.07) is 11.6. The van der Waals surface area contributed by atoms with E-state index in [2.05, 4.69) is 21.9 Å². The molecular weight excluding hydrogens is 376 g/mol. The van der Waals surface area contributed by atoms with Crippen molar-refractivity contribution in [3.05, 3.63) is 72.7 Å². The van der Waals surface area contributed by atoms with Crippen molar-refractivity contribution in [1.82, 2.24) is 14.9 Å². The Labute approximate surface area is 167 Å². The topological polar surface area (TPSA) is 58.1 Å². The summed E-state index contributed by atoms with van der Waals surface area (Å²) in [7, 11) is 0. The van der Waals surface area contributed by atoms with E-state index in [0.717, 1.165) is 25.6 Å². The monoisotopic (exact) mass is 396 g/mol. The third-order valence-corrected chi connectivity index (χ3v) is 5.87. The Kier molecular flexibility index (Phi) is 6.26. The number of nitrogens with zero attached hydrogens (tertiary/aromatic N) is 3. The van der Waals surface area contributed by atoms with Crippen molar-refractivity contribution in [2.24, 2.45) is 0 Å². The minimum atomic E-state index is -0.0331. The number of amides is 1. The van der Waals surface area contributed by atoms with Crippen molar-refractivity contribution in [2.75, 3.05) is 11.9 Å². The summed E-state index contributed by atoms with van der Waals surface area (Å²) >= 11 is 3.13. The van der Waals surface area contributed by atoms with Crippen molar-refractivity contribution in [1.29, 1.82) is 0 Å². The molecule has 1 aromatic carbocycles. The van der Waals surface area contributed by atoms with Gasteiger partial charge in [0.2, 0.25) is 0 Å². The molecule has 0 aliphatic heterocycles. The molecule has 138 valence electrons. The standard InChI is InChI=1S/C20H20N4OS2/c1-4-24(5-2)19(25)16-12-15(10-9-14(16)3)26-18-13-22-20(27-18)23-17-8-6-7-11-21-17/h4,6-13H,1,5H2,2-3H3,(H,21,22,23). The molecule has 5 nitrogen and oxygen atoms in total. The fourth-order valence-corrected chi connectivity index (χ4v) is 4.33. The first-order valence-corrected chi connectivity index (χ1v) is 10.1. The van der Waals surface area contributed by atoms with Gasteiger partial charge in [-0.05, 0) is 49.9 Å². The van der Waals surface area contributed by atoms with E-state index in [-0.39, 0.29) is 5.91 Å². The van der Waals surface area contributed by atoms with Crippen LogP contribution in [0.3, 0.4) is 0 Å². The second-order valence-electron chi connectivity index (χ2n) is 5.68. The molecule has 0 fully saturated rings. The van der Waals surface area contributed by atoms with Crippen LogP contribution in [0, 0.1) is 6.92 Å². The van der Waals surface area contributed by atoms with Crippen LogP contribution in [-0.4, -0.2) is 27.3 Å². The summed E-state index contributed by atoms with van der Waals surface area (Å²) in [6.45, 7) is 8.19. The van der Waals surface area contributed by atoms with Crippen LogP contribution in [-0.2, 0) is 0 Å². The third kappa shape index (κ3) is 4.75. The maximum atomic E-state index is 12.7. The van der Waals surface area contributed by atoms with Crippen molar-refractivity contribution < 1.29 is 4.79 Å². The van der Waals surface area contributed by atoms with Gasteiger partial charge < -0.3 is 10.2 Å². The number of thiazole rings is 1. The minimum absolute atomic E-state index is 0.0331. The van der Waals surface area contributed by atoms with Crippen LogP contribution in [0.15, 0.2) is 70.7 Å². The average Bonchev–Trinajstić information content (AvgIpc) is 3.11. The molecule has 1 N–H and O–H groups in total. The van der Waals surface area contributed by atoms with Crippen molar-refractivity contribution in [3.8, 4) is 0 Å². The second kappa shape index (κ2) is 8.83. The highest BCUT2D eigenvalue weighted by atomic mass is 32.2. The van der Waals surface area contributed by atoms with E-state index in [0.29, 0.717) is 12.1 Å². The summed E-state index contributed by atoms with van der Waals surface area (Å²) in [5.41, 5.74) is 1.64. The molecule has 0 bridgehead atoms. The van der Waals surface area contributed by atoms with Gasteiger partial charge in [0.15, 0.2) is 5.13 Å². The number of pyridine rings is 1. The molecule has 2 heterocycles. The molecule has 0 radical (unpaired) electrons. The van der Waals surface area contributed by atoms with Crippen molar-refractivity contribution in [3.63, 3.8) is 0 Å². The van der Waals surface area contributed by atoms with E-state index in [9.17, 15) is 4.79 Å². The van der Waals surface area contributed by atoms with Crippen LogP contribution >= 0.6 is 23.1 Å². The molecule has 7 heteroatoms. The zero-order valence-electron chi connectivity index (χ0n) is 15.2. The summed E-state index contributed by atoms with van der Waals surface area (Å²) in [6.07, 6.45) is 5.13. The van der Waals surface area contributed by atoms with E-state index in [1.807, 2.05) is 56.4 Å². The van der Waals surface area contributed by atoms with Crippen LogP contribution in [0.2, 0.25) is 0 Å². The van der Waals surface area contributed by atoms with Gasteiger partial charge in [0, 0.05) is 23.2 Å². The predicted molar refractivity (Wildman–Crippen MR) is 112 cm³/mol. The highest BCUT2D eigenvalue weighted by Gasteiger charge is 2.15. The first-order valence-electron chi connectivity index (χ1n) is 8.46. The number of anilines is 2.